The third kappa shape index (κ3) is 4.16. The van der Waals surface area contributed by atoms with Gasteiger partial charge in [0.1, 0.15) is 11.0 Å². The van der Waals surface area contributed by atoms with Gasteiger partial charge in [-0.1, -0.05) is 26.0 Å². The monoisotopic (exact) mass is 330 g/mol. The van der Waals surface area contributed by atoms with E-state index in [2.05, 4.69) is 35.0 Å². The van der Waals surface area contributed by atoms with E-state index < -0.39 is 0 Å². The van der Waals surface area contributed by atoms with Crippen molar-refractivity contribution in [3.05, 3.63) is 35.8 Å². The highest BCUT2D eigenvalue weighted by molar-refractivity contribution is 7.13. The van der Waals surface area contributed by atoms with E-state index in [-0.39, 0.29) is 11.9 Å². The summed E-state index contributed by atoms with van der Waals surface area (Å²) in [5.41, 5.74) is 8.15. The molecule has 2 aromatic rings. The molecule has 2 unspecified atom stereocenters. The first kappa shape index (κ1) is 16.1. The number of anilines is 1. The van der Waals surface area contributed by atoms with Crippen LogP contribution in [0, 0.1) is 5.92 Å². The molecule has 1 fully saturated rings. The first-order valence-corrected chi connectivity index (χ1v) is 8.81. The van der Waals surface area contributed by atoms with Crippen molar-refractivity contribution in [3.63, 3.8) is 0 Å². The van der Waals surface area contributed by atoms with Gasteiger partial charge in [-0.2, -0.15) is 0 Å². The second-order valence-corrected chi connectivity index (χ2v) is 7.21. The quantitative estimate of drug-likeness (QED) is 0.788. The van der Waals surface area contributed by atoms with Crippen molar-refractivity contribution in [1.82, 2.24) is 15.8 Å². The summed E-state index contributed by atoms with van der Waals surface area (Å²) < 4.78 is 0. The molecule has 0 saturated carbocycles. The number of hydrogen-bond donors (Lipinski definition) is 3. The van der Waals surface area contributed by atoms with E-state index >= 15 is 0 Å². The molecule has 2 heterocycles. The highest BCUT2D eigenvalue weighted by atomic mass is 32.1. The molecule has 0 aliphatic carbocycles. The normalized spacial score (nSPS) is 20.8. The van der Waals surface area contributed by atoms with Gasteiger partial charge in [-0.3, -0.25) is 10.2 Å². The molecule has 23 heavy (non-hydrogen) atoms. The molecule has 3 rings (SSSR count). The average Bonchev–Trinajstić information content (AvgIpc) is 3.18. The lowest BCUT2D eigenvalue weighted by molar-refractivity contribution is -0.117. The number of benzene rings is 1. The molecule has 2 atom stereocenters. The first-order valence-electron chi connectivity index (χ1n) is 7.93. The summed E-state index contributed by atoms with van der Waals surface area (Å²) in [6.07, 6.45) is 3.67. The zero-order valence-corrected chi connectivity index (χ0v) is 14.2. The van der Waals surface area contributed by atoms with Gasteiger partial charge >= 0.3 is 0 Å². The van der Waals surface area contributed by atoms with Crippen molar-refractivity contribution < 1.29 is 4.79 Å². The molecule has 1 aliphatic heterocycles. The van der Waals surface area contributed by atoms with Crippen molar-refractivity contribution in [2.24, 2.45) is 5.92 Å². The largest absolute Gasteiger partial charge is 0.325 e. The van der Waals surface area contributed by atoms with Crippen molar-refractivity contribution in [3.8, 4) is 10.6 Å². The van der Waals surface area contributed by atoms with Gasteiger partial charge in [0.25, 0.3) is 0 Å². The van der Waals surface area contributed by atoms with E-state index in [1.165, 1.54) is 0 Å². The van der Waals surface area contributed by atoms with Crippen LogP contribution in [0.15, 0.2) is 35.8 Å². The Kier molecular flexibility index (Phi) is 5.05. The molecular weight excluding hydrogens is 308 g/mol. The Bertz CT molecular complexity index is 656. The van der Waals surface area contributed by atoms with Gasteiger partial charge in [0.05, 0.1) is 0 Å². The third-order valence-corrected chi connectivity index (χ3v) is 4.69. The lowest BCUT2D eigenvalue weighted by atomic mass is 10.00. The number of carbonyl (C=O) groups excluding carboxylic acids is 1. The Morgan fingerprint density at radius 3 is 3.04 bits per heavy atom. The van der Waals surface area contributed by atoms with E-state index in [4.69, 9.17) is 0 Å². The molecule has 122 valence electrons. The predicted molar refractivity (Wildman–Crippen MR) is 94.1 cm³/mol. The minimum Gasteiger partial charge on any atom is -0.325 e. The summed E-state index contributed by atoms with van der Waals surface area (Å²) in [5, 5.41) is 5.90. The summed E-state index contributed by atoms with van der Waals surface area (Å²) in [7, 11) is 0. The highest BCUT2D eigenvalue weighted by Crippen LogP contribution is 2.24. The van der Waals surface area contributed by atoms with E-state index in [1.807, 2.05) is 29.6 Å². The van der Waals surface area contributed by atoms with Crippen molar-refractivity contribution in [1.29, 1.82) is 0 Å². The fourth-order valence-corrected chi connectivity index (χ4v) is 3.48. The number of aromatic nitrogens is 1. The Labute approximate surface area is 140 Å². The summed E-state index contributed by atoms with van der Waals surface area (Å²) in [5.74, 6) is 0.617. The lowest BCUT2D eigenvalue weighted by Gasteiger charge is -2.12. The Morgan fingerprint density at radius 2 is 2.30 bits per heavy atom. The number of nitrogens with one attached hydrogen (secondary N) is 3. The number of rotatable bonds is 5. The zero-order valence-electron chi connectivity index (χ0n) is 13.4. The first-order chi connectivity index (χ1) is 11.1. The molecule has 0 spiro atoms. The zero-order chi connectivity index (χ0) is 16.2. The molecule has 1 amide bonds. The van der Waals surface area contributed by atoms with Gasteiger partial charge in [0.2, 0.25) is 5.91 Å². The third-order valence-electron chi connectivity index (χ3n) is 3.86. The van der Waals surface area contributed by atoms with Crippen LogP contribution in [-0.4, -0.2) is 23.0 Å². The number of nitrogens with zero attached hydrogens (tertiary/aromatic N) is 1. The second-order valence-electron chi connectivity index (χ2n) is 6.31. The highest BCUT2D eigenvalue weighted by Gasteiger charge is 2.29. The summed E-state index contributed by atoms with van der Waals surface area (Å²) in [4.78, 5) is 16.7. The van der Waals surface area contributed by atoms with Crippen LogP contribution < -0.4 is 16.2 Å². The fourth-order valence-electron chi connectivity index (χ4n) is 2.84. The predicted octanol–water partition coefficient (Wildman–Crippen LogP) is 3.03. The van der Waals surface area contributed by atoms with Crippen LogP contribution in [0.4, 0.5) is 5.69 Å². The van der Waals surface area contributed by atoms with Gasteiger partial charge in [-0.25, -0.2) is 10.4 Å². The maximum absolute atomic E-state index is 12.4. The summed E-state index contributed by atoms with van der Waals surface area (Å²) in [6, 6.07) is 7.97. The van der Waals surface area contributed by atoms with Crippen LogP contribution >= 0.6 is 11.3 Å². The SMILES string of the molecule is CC(C)CC1CC(C(=O)Nc2cccc(-c3nccs3)c2)NN1. The number of thiazole rings is 1. The number of hydrazine groups is 1. The topological polar surface area (TPSA) is 66.0 Å². The molecule has 0 radical (unpaired) electrons. The maximum atomic E-state index is 12.4. The minimum atomic E-state index is -0.192. The van der Waals surface area contributed by atoms with Crippen molar-refractivity contribution in [2.75, 3.05) is 5.32 Å². The second kappa shape index (κ2) is 7.21. The molecular formula is C17H22N4OS. The maximum Gasteiger partial charge on any atom is 0.242 e. The fraction of sp³-hybridized carbons (Fsp3) is 0.412. The number of carbonyl (C=O) groups is 1. The van der Waals surface area contributed by atoms with Gasteiger partial charge in [-0.05, 0) is 30.9 Å². The molecule has 0 bridgehead atoms. The van der Waals surface area contributed by atoms with E-state index in [0.717, 1.165) is 29.1 Å². The Balaban J connectivity index is 1.61. The summed E-state index contributed by atoms with van der Waals surface area (Å²) >= 11 is 1.59. The summed E-state index contributed by atoms with van der Waals surface area (Å²) in [6.45, 7) is 4.39. The van der Waals surface area contributed by atoms with Gasteiger partial charge in [0.15, 0.2) is 0 Å². The molecule has 5 nitrogen and oxygen atoms in total. The van der Waals surface area contributed by atoms with Crippen LogP contribution in [0.5, 0.6) is 0 Å². The molecule has 6 heteroatoms. The van der Waals surface area contributed by atoms with Crippen LogP contribution in [-0.2, 0) is 4.79 Å². The lowest BCUT2D eigenvalue weighted by Crippen LogP contribution is -2.40. The van der Waals surface area contributed by atoms with Gasteiger partial charge < -0.3 is 5.32 Å². The van der Waals surface area contributed by atoms with E-state index in [1.54, 1.807) is 17.5 Å². The molecule has 3 N–H and O–H groups in total. The number of hydrogen-bond acceptors (Lipinski definition) is 5. The smallest absolute Gasteiger partial charge is 0.242 e. The van der Waals surface area contributed by atoms with Crippen molar-refractivity contribution >= 4 is 22.9 Å². The minimum absolute atomic E-state index is 0.0000416. The van der Waals surface area contributed by atoms with E-state index in [9.17, 15) is 4.79 Å². The Morgan fingerprint density at radius 1 is 1.43 bits per heavy atom. The molecule has 1 aliphatic rings. The molecule has 1 saturated heterocycles. The van der Waals surface area contributed by atoms with Crippen LogP contribution in [0.25, 0.3) is 10.6 Å². The average molecular weight is 330 g/mol. The standard InChI is InChI=1S/C17H22N4OS/c1-11(2)8-14-10-15(21-20-14)16(22)19-13-5-3-4-12(9-13)17-18-6-7-23-17/h3-7,9,11,14-15,20-21H,8,10H2,1-2H3,(H,19,22). The van der Waals surface area contributed by atoms with Crippen LogP contribution in [0.2, 0.25) is 0 Å². The van der Waals surface area contributed by atoms with E-state index in [0.29, 0.717) is 12.0 Å². The van der Waals surface area contributed by atoms with Crippen LogP contribution in [0.1, 0.15) is 26.7 Å². The van der Waals surface area contributed by atoms with Crippen molar-refractivity contribution in [2.45, 2.75) is 38.8 Å². The molecule has 1 aromatic heterocycles. The molecule has 1 aromatic carbocycles. The van der Waals surface area contributed by atoms with Crippen LogP contribution in [0.3, 0.4) is 0 Å². The number of amides is 1. The van der Waals surface area contributed by atoms with Gasteiger partial charge in [0, 0.05) is 28.9 Å². The Hall–Kier alpha value is -1.76. The van der Waals surface area contributed by atoms with Gasteiger partial charge in [-0.15, -0.1) is 11.3 Å².